The molecule has 0 amide bonds. The van der Waals surface area contributed by atoms with Crippen LogP contribution in [0.1, 0.15) is 60.2 Å². The van der Waals surface area contributed by atoms with Crippen LogP contribution in [-0.4, -0.2) is 4.57 Å². The van der Waals surface area contributed by atoms with Gasteiger partial charge in [-0.2, -0.15) is 0 Å². The zero-order chi connectivity index (χ0) is 36.6. The maximum atomic E-state index is 2.50. The number of fused-ring (bicyclic) bond motifs is 5. The van der Waals surface area contributed by atoms with E-state index < -0.39 is 0 Å². The summed E-state index contributed by atoms with van der Waals surface area (Å²) in [6, 6.07) is 49.9. The lowest BCUT2D eigenvalue weighted by Crippen LogP contribution is -2.18. The summed E-state index contributed by atoms with van der Waals surface area (Å²) in [6.45, 7) is 9.17. The van der Waals surface area contributed by atoms with E-state index in [0.717, 1.165) is 30.6 Å². The van der Waals surface area contributed by atoms with Crippen molar-refractivity contribution in [2.24, 2.45) is 0 Å². The second-order valence-corrected chi connectivity index (χ2v) is 15.9. The van der Waals surface area contributed by atoms with Crippen LogP contribution in [0.15, 0.2) is 157 Å². The van der Waals surface area contributed by atoms with Gasteiger partial charge < -0.3 is 9.47 Å². The summed E-state index contributed by atoms with van der Waals surface area (Å²) < 4.78 is 2.50. The average Bonchev–Trinajstić information content (AvgIpc) is 3.87. The van der Waals surface area contributed by atoms with E-state index in [1.807, 2.05) is 0 Å². The van der Waals surface area contributed by atoms with Crippen LogP contribution in [0.5, 0.6) is 0 Å². The SMILES string of the molecule is Cc1cc(C)cc(-n2c3c(c4cc(-c5ccc(N(c6ccc(-c7ccccc7)cc6)c6ccc7c(c6)C(C)(C)C6=C7C=CC6)cc5)ccc42)C=CCC3)c1. The van der Waals surface area contributed by atoms with Crippen LogP contribution < -0.4 is 4.90 Å². The van der Waals surface area contributed by atoms with Crippen LogP contribution in [0.3, 0.4) is 0 Å². The third-order valence-corrected chi connectivity index (χ3v) is 12.0. The number of hydrogen-bond acceptors (Lipinski definition) is 1. The van der Waals surface area contributed by atoms with Gasteiger partial charge in [0.25, 0.3) is 0 Å². The van der Waals surface area contributed by atoms with E-state index in [-0.39, 0.29) is 5.41 Å². The highest BCUT2D eigenvalue weighted by Crippen LogP contribution is 2.52. The van der Waals surface area contributed by atoms with Crippen molar-refractivity contribution < 1.29 is 0 Å². The lowest BCUT2D eigenvalue weighted by Gasteiger charge is -2.29. The molecule has 1 heterocycles. The third-order valence-electron chi connectivity index (χ3n) is 12.0. The number of allylic oxidation sites excluding steroid dienone is 5. The normalized spacial score (nSPS) is 15.1. The molecule has 7 aromatic rings. The number of benzene rings is 6. The Hall–Kier alpha value is -6.12. The van der Waals surface area contributed by atoms with Crippen LogP contribution in [0.4, 0.5) is 17.1 Å². The van der Waals surface area contributed by atoms with E-state index in [2.05, 4.69) is 195 Å². The molecule has 262 valence electrons. The average molecular weight is 697 g/mol. The van der Waals surface area contributed by atoms with Gasteiger partial charge in [0.15, 0.2) is 0 Å². The largest absolute Gasteiger partial charge is 0.313 e. The zero-order valence-corrected chi connectivity index (χ0v) is 31.5. The predicted octanol–water partition coefficient (Wildman–Crippen LogP) is 14.0. The molecule has 0 unspecified atom stereocenters. The number of aryl methyl sites for hydroxylation is 2. The van der Waals surface area contributed by atoms with Gasteiger partial charge in [0.1, 0.15) is 0 Å². The van der Waals surface area contributed by atoms with E-state index in [0.29, 0.717) is 0 Å². The van der Waals surface area contributed by atoms with E-state index in [4.69, 9.17) is 0 Å². The van der Waals surface area contributed by atoms with Crippen LogP contribution in [-0.2, 0) is 11.8 Å². The minimum absolute atomic E-state index is 0.00101. The topological polar surface area (TPSA) is 8.17 Å². The minimum Gasteiger partial charge on any atom is -0.313 e. The Balaban J connectivity index is 1.05. The van der Waals surface area contributed by atoms with Crippen molar-refractivity contribution >= 4 is 39.6 Å². The molecular formula is C52H44N2. The molecule has 3 aliphatic rings. The van der Waals surface area contributed by atoms with Gasteiger partial charge in [-0.3, -0.25) is 0 Å². The fraction of sp³-hybridized carbons (Fsp3) is 0.154. The molecule has 1 aromatic heterocycles. The molecule has 6 aromatic carbocycles. The minimum atomic E-state index is 0.00101. The van der Waals surface area contributed by atoms with Gasteiger partial charge in [0.2, 0.25) is 0 Å². The first-order chi connectivity index (χ1) is 26.3. The van der Waals surface area contributed by atoms with Gasteiger partial charge in [-0.15, -0.1) is 0 Å². The molecule has 3 aliphatic carbocycles. The standard InChI is InChI=1S/C52H44N2/c1-34-29-35(2)31-43(30-34)54-50-16-9-8-13-46(50)47-32-39(21-28-51(47)54)38-19-24-41(25-20-38)53(40-22-17-37(18-23-40)36-11-6-5-7-12-36)42-26-27-45-44-14-10-15-48(44)52(3,4)49(45)33-42/h5-8,10-14,17-33H,9,15-16H2,1-4H3. The van der Waals surface area contributed by atoms with Crippen molar-refractivity contribution in [1.82, 2.24) is 4.57 Å². The molecule has 54 heavy (non-hydrogen) atoms. The molecule has 2 heteroatoms. The second-order valence-electron chi connectivity index (χ2n) is 15.9. The number of anilines is 3. The van der Waals surface area contributed by atoms with E-state index in [1.165, 1.54) is 89.2 Å². The Morgan fingerprint density at radius 2 is 1.24 bits per heavy atom. The highest BCUT2D eigenvalue weighted by Gasteiger charge is 2.38. The molecule has 0 atom stereocenters. The Bertz CT molecular complexity index is 2680. The van der Waals surface area contributed by atoms with E-state index in [1.54, 1.807) is 0 Å². The summed E-state index contributed by atoms with van der Waals surface area (Å²) in [5.41, 5.74) is 22.0. The van der Waals surface area contributed by atoms with Crippen molar-refractivity contribution in [2.75, 3.05) is 4.90 Å². The van der Waals surface area contributed by atoms with Crippen LogP contribution in [0, 0.1) is 13.8 Å². The lowest BCUT2D eigenvalue weighted by molar-refractivity contribution is 0.627. The third kappa shape index (κ3) is 5.23. The molecule has 0 saturated heterocycles. The molecule has 10 rings (SSSR count). The highest BCUT2D eigenvalue weighted by molar-refractivity contribution is 5.96. The van der Waals surface area contributed by atoms with Gasteiger partial charge in [0.05, 0.1) is 5.52 Å². The highest BCUT2D eigenvalue weighted by atomic mass is 15.1. The molecule has 0 spiro atoms. The molecule has 0 N–H and O–H groups in total. The summed E-state index contributed by atoms with van der Waals surface area (Å²) in [5, 5.41) is 1.32. The molecular weight excluding hydrogens is 653 g/mol. The Labute approximate surface area is 319 Å². The van der Waals surface area contributed by atoms with Crippen molar-refractivity contribution in [1.29, 1.82) is 0 Å². The first kappa shape index (κ1) is 32.5. The summed E-state index contributed by atoms with van der Waals surface area (Å²) in [5.74, 6) is 0. The monoisotopic (exact) mass is 696 g/mol. The number of nitrogens with zero attached hydrogens (tertiary/aromatic N) is 2. The first-order valence-electron chi connectivity index (χ1n) is 19.4. The van der Waals surface area contributed by atoms with Crippen LogP contribution in [0.25, 0.3) is 50.5 Å². The smallest absolute Gasteiger partial charge is 0.0538 e. The molecule has 2 nitrogen and oxygen atoms in total. The van der Waals surface area contributed by atoms with Crippen LogP contribution >= 0.6 is 0 Å². The van der Waals surface area contributed by atoms with Gasteiger partial charge in [0, 0.05) is 44.8 Å². The fourth-order valence-electron chi connectivity index (χ4n) is 9.39. The fourth-order valence-corrected chi connectivity index (χ4v) is 9.39. The van der Waals surface area contributed by atoms with Crippen molar-refractivity contribution in [3.05, 3.63) is 191 Å². The Morgan fingerprint density at radius 3 is 1.96 bits per heavy atom. The summed E-state index contributed by atoms with van der Waals surface area (Å²) >= 11 is 0. The molecule has 0 radical (unpaired) electrons. The van der Waals surface area contributed by atoms with Gasteiger partial charge >= 0.3 is 0 Å². The first-order valence-corrected chi connectivity index (χ1v) is 19.4. The zero-order valence-electron chi connectivity index (χ0n) is 31.5. The van der Waals surface area contributed by atoms with Crippen molar-refractivity contribution in [2.45, 2.75) is 52.4 Å². The second kappa shape index (κ2) is 12.5. The number of hydrogen-bond donors (Lipinski definition) is 0. The number of aromatic nitrogens is 1. The summed E-state index contributed by atoms with van der Waals surface area (Å²) in [7, 11) is 0. The maximum Gasteiger partial charge on any atom is 0.0538 e. The predicted molar refractivity (Wildman–Crippen MR) is 229 cm³/mol. The van der Waals surface area contributed by atoms with Crippen LogP contribution in [0.2, 0.25) is 0 Å². The Kier molecular flexibility index (Phi) is 7.52. The van der Waals surface area contributed by atoms with Gasteiger partial charge in [-0.05, 0) is 149 Å². The molecule has 0 aliphatic heterocycles. The molecule has 0 fully saturated rings. The summed E-state index contributed by atoms with van der Waals surface area (Å²) in [4.78, 5) is 2.42. The number of rotatable bonds is 6. The van der Waals surface area contributed by atoms with Crippen molar-refractivity contribution in [3.8, 4) is 27.9 Å². The Morgan fingerprint density at radius 1 is 0.593 bits per heavy atom. The maximum absolute atomic E-state index is 2.50. The molecule has 0 bridgehead atoms. The van der Waals surface area contributed by atoms with E-state index in [9.17, 15) is 0 Å². The van der Waals surface area contributed by atoms with Gasteiger partial charge in [-0.25, -0.2) is 0 Å². The van der Waals surface area contributed by atoms with Crippen molar-refractivity contribution in [3.63, 3.8) is 0 Å². The quantitative estimate of drug-likeness (QED) is 0.168. The summed E-state index contributed by atoms with van der Waals surface area (Å²) in [6.07, 6.45) is 12.5. The van der Waals surface area contributed by atoms with Gasteiger partial charge in [-0.1, -0.05) is 111 Å². The lowest BCUT2D eigenvalue weighted by atomic mass is 9.80. The van der Waals surface area contributed by atoms with E-state index >= 15 is 0 Å². The molecule has 0 saturated carbocycles.